The number of rotatable bonds is 4. The van der Waals surface area contributed by atoms with Gasteiger partial charge in [-0.1, -0.05) is 6.07 Å². The van der Waals surface area contributed by atoms with Crippen molar-refractivity contribution in [2.24, 2.45) is 0 Å². The molecule has 3 rings (SSSR count). The first-order valence-corrected chi connectivity index (χ1v) is 7.57. The Kier molecular flexibility index (Phi) is 3.26. The topological polar surface area (TPSA) is 105 Å². The first-order chi connectivity index (χ1) is 10.1. The van der Waals surface area contributed by atoms with Crippen molar-refractivity contribution in [1.29, 1.82) is 0 Å². The Morgan fingerprint density at radius 2 is 2.05 bits per heavy atom. The van der Waals surface area contributed by atoms with Crippen LogP contribution in [0.3, 0.4) is 0 Å². The van der Waals surface area contributed by atoms with Crippen molar-refractivity contribution in [3.8, 4) is 5.88 Å². The van der Waals surface area contributed by atoms with E-state index in [9.17, 15) is 8.42 Å². The second-order valence-corrected chi connectivity index (χ2v) is 5.80. The smallest absolute Gasteiger partial charge is 0.321 e. The third-order valence-electron chi connectivity index (χ3n) is 2.87. The summed E-state index contributed by atoms with van der Waals surface area (Å²) >= 11 is 0. The summed E-state index contributed by atoms with van der Waals surface area (Å²) in [6.07, 6.45) is 3.10. The molecule has 110 valence electrons. The number of nitrogens with one attached hydrogen (secondary N) is 3. The second-order valence-electron chi connectivity index (χ2n) is 4.39. The Morgan fingerprint density at radius 1 is 1.24 bits per heavy atom. The van der Waals surface area contributed by atoms with Crippen LogP contribution in [0.1, 0.15) is 5.56 Å². The van der Waals surface area contributed by atoms with Gasteiger partial charge in [-0.25, -0.2) is 0 Å². The molecule has 2 heterocycles. The molecule has 8 nitrogen and oxygen atoms in total. The summed E-state index contributed by atoms with van der Waals surface area (Å²) in [7, 11) is -1.94. The van der Waals surface area contributed by atoms with Gasteiger partial charge in [0.05, 0.1) is 30.9 Å². The van der Waals surface area contributed by atoms with Gasteiger partial charge in [0.15, 0.2) is 0 Å². The highest BCUT2D eigenvalue weighted by Gasteiger charge is 2.21. The van der Waals surface area contributed by atoms with E-state index >= 15 is 0 Å². The first kappa shape index (κ1) is 13.4. The largest absolute Gasteiger partial charge is 0.480 e. The zero-order chi connectivity index (χ0) is 14.9. The molecule has 0 bridgehead atoms. The molecule has 0 spiro atoms. The lowest BCUT2D eigenvalue weighted by Gasteiger charge is -2.07. The number of aromatic nitrogens is 2. The lowest BCUT2D eigenvalue weighted by molar-refractivity contribution is 0.396. The zero-order valence-corrected chi connectivity index (χ0v) is 11.9. The van der Waals surface area contributed by atoms with E-state index in [1.807, 2.05) is 6.07 Å². The van der Waals surface area contributed by atoms with E-state index in [1.54, 1.807) is 18.3 Å². The van der Waals surface area contributed by atoms with Crippen molar-refractivity contribution in [2.75, 3.05) is 21.9 Å². The summed E-state index contributed by atoms with van der Waals surface area (Å²) in [5.74, 6) is 1.000. The second kappa shape index (κ2) is 5.09. The summed E-state index contributed by atoms with van der Waals surface area (Å²) in [6, 6.07) is 5.30. The van der Waals surface area contributed by atoms with E-state index in [0.717, 1.165) is 5.56 Å². The summed E-state index contributed by atoms with van der Waals surface area (Å²) in [5.41, 5.74) is 1.98. The summed E-state index contributed by atoms with van der Waals surface area (Å²) in [5, 5.41) is 3.10. The molecule has 2 aromatic rings. The number of benzene rings is 1. The predicted octanol–water partition coefficient (Wildman–Crippen LogP) is 1.18. The maximum atomic E-state index is 11.4. The quantitative estimate of drug-likeness (QED) is 0.783. The molecular formula is C12H13N5O3S. The Morgan fingerprint density at radius 3 is 2.86 bits per heavy atom. The van der Waals surface area contributed by atoms with Crippen LogP contribution in [-0.2, 0) is 16.8 Å². The number of nitrogens with zero attached hydrogens (tertiary/aromatic N) is 2. The standard InChI is InChI=1S/C12H13N5O3S/c1-20-12-7-13-6-11(15-12)14-5-8-2-3-9-10(4-8)17-21(18,19)16-9/h2-4,6-7,16-17H,5H2,1H3,(H,14,15). The Bertz CT molecular complexity index is 778. The molecule has 3 N–H and O–H groups in total. The number of ether oxygens (including phenoxy) is 1. The van der Waals surface area contributed by atoms with Crippen LogP contribution in [0.25, 0.3) is 0 Å². The van der Waals surface area contributed by atoms with Gasteiger partial charge in [-0.2, -0.15) is 13.4 Å². The van der Waals surface area contributed by atoms with Crippen LogP contribution in [-0.4, -0.2) is 25.5 Å². The van der Waals surface area contributed by atoms with Gasteiger partial charge in [0.2, 0.25) is 5.88 Å². The monoisotopic (exact) mass is 307 g/mol. The van der Waals surface area contributed by atoms with Crippen molar-refractivity contribution in [3.05, 3.63) is 36.2 Å². The molecule has 0 saturated heterocycles. The third-order valence-corrected chi connectivity index (χ3v) is 3.85. The highest BCUT2D eigenvalue weighted by atomic mass is 32.2. The zero-order valence-electron chi connectivity index (χ0n) is 11.1. The van der Waals surface area contributed by atoms with Gasteiger partial charge in [-0.05, 0) is 17.7 Å². The van der Waals surface area contributed by atoms with Crippen molar-refractivity contribution >= 4 is 27.4 Å². The van der Waals surface area contributed by atoms with Gasteiger partial charge < -0.3 is 10.1 Å². The average Bonchev–Trinajstić information content (AvgIpc) is 2.78. The summed E-state index contributed by atoms with van der Waals surface area (Å²) < 4.78 is 32.6. The fraction of sp³-hybridized carbons (Fsp3) is 0.167. The molecule has 0 amide bonds. The molecule has 0 atom stereocenters. The molecule has 0 unspecified atom stereocenters. The van der Waals surface area contributed by atoms with Crippen molar-refractivity contribution in [1.82, 2.24) is 9.97 Å². The van der Waals surface area contributed by atoms with E-state index in [0.29, 0.717) is 29.6 Å². The van der Waals surface area contributed by atoms with Crippen LogP contribution in [0.2, 0.25) is 0 Å². The average molecular weight is 307 g/mol. The Hall–Kier alpha value is -2.55. The van der Waals surface area contributed by atoms with E-state index in [4.69, 9.17) is 4.74 Å². The molecular weight excluding hydrogens is 294 g/mol. The van der Waals surface area contributed by atoms with Gasteiger partial charge in [0, 0.05) is 6.54 Å². The molecule has 0 aliphatic carbocycles. The van der Waals surface area contributed by atoms with Gasteiger partial charge in [0.1, 0.15) is 5.82 Å². The van der Waals surface area contributed by atoms with Crippen molar-refractivity contribution in [2.45, 2.75) is 6.54 Å². The fourth-order valence-electron chi connectivity index (χ4n) is 1.91. The van der Waals surface area contributed by atoms with Crippen LogP contribution >= 0.6 is 0 Å². The van der Waals surface area contributed by atoms with Crippen molar-refractivity contribution < 1.29 is 13.2 Å². The lowest BCUT2D eigenvalue weighted by Crippen LogP contribution is -2.12. The lowest BCUT2D eigenvalue weighted by atomic mass is 10.2. The van der Waals surface area contributed by atoms with Crippen LogP contribution in [0, 0.1) is 0 Å². The molecule has 0 fully saturated rings. The molecule has 1 aliphatic heterocycles. The van der Waals surface area contributed by atoms with Gasteiger partial charge in [-0.15, -0.1) is 0 Å². The van der Waals surface area contributed by atoms with Crippen molar-refractivity contribution in [3.63, 3.8) is 0 Å². The minimum atomic E-state index is -3.46. The highest BCUT2D eigenvalue weighted by molar-refractivity contribution is 7.94. The van der Waals surface area contributed by atoms with E-state index in [2.05, 4.69) is 24.7 Å². The Balaban J connectivity index is 1.72. The first-order valence-electron chi connectivity index (χ1n) is 6.09. The molecule has 9 heteroatoms. The van der Waals surface area contributed by atoms with E-state index < -0.39 is 10.2 Å². The molecule has 0 radical (unpaired) electrons. The highest BCUT2D eigenvalue weighted by Crippen LogP contribution is 2.30. The summed E-state index contributed by atoms with van der Waals surface area (Å²) in [4.78, 5) is 8.18. The number of anilines is 3. The van der Waals surface area contributed by atoms with Gasteiger partial charge in [-0.3, -0.25) is 14.4 Å². The molecule has 1 aromatic carbocycles. The number of hydrogen-bond donors (Lipinski definition) is 3. The van der Waals surface area contributed by atoms with Crippen LogP contribution in [0.5, 0.6) is 5.88 Å². The number of hydrogen-bond acceptors (Lipinski definition) is 6. The van der Waals surface area contributed by atoms with Crippen LogP contribution in [0.15, 0.2) is 30.6 Å². The molecule has 1 aromatic heterocycles. The van der Waals surface area contributed by atoms with E-state index in [1.165, 1.54) is 13.3 Å². The molecule has 1 aliphatic rings. The fourth-order valence-corrected chi connectivity index (χ4v) is 2.89. The predicted molar refractivity (Wildman–Crippen MR) is 78.5 cm³/mol. The maximum Gasteiger partial charge on any atom is 0.321 e. The molecule has 0 saturated carbocycles. The van der Waals surface area contributed by atoms with E-state index in [-0.39, 0.29) is 0 Å². The SMILES string of the molecule is COc1cncc(NCc2ccc3c(c2)NS(=O)(=O)N3)n1. The Labute approximate surface area is 121 Å². The number of fused-ring (bicyclic) bond motifs is 1. The number of methoxy groups -OCH3 is 1. The minimum Gasteiger partial charge on any atom is -0.480 e. The van der Waals surface area contributed by atoms with Crippen LogP contribution < -0.4 is 19.5 Å². The summed E-state index contributed by atoms with van der Waals surface area (Å²) in [6.45, 7) is 0.483. The normalized spacial score (nSPS) is 14.7. The maximum absolute atomic E-state index is 11.4. The van der Waals surface area contributed by atoms with Gasteiger partial charge in [0.25, 0.3) is 0 Å². The molecule has 21 heavy (non-hydrogen) atoms. The minimum absolute atomic E-state index is 0.422. The van der Waals surface area contributed by atoms with Gasteiger partial charge >= 0.3 is 10.2 Å². The van der Waals surface area contributed by atoms with Crippen LogP contribution in [0.4, 0.5) is 17.2 Å². The third kappa shape index (κ3) is 2.97.